The number of hydrogen-bond donors (Lipinski definition) is 1. The maximum Gasteiger partial charge on any atom is 0.323 e. The Kier molecular flexibility index (Phi) is 4.71. The van der Waals surface area contributed by atoms with Gasteiger partial charge >= 0.3 is 6.03 Å². The molecule has 5 nitrogen and oxygen atoms in total. The molecule has 5 heteroatoms. The van der Waals surface area contributed by atoms with Crippen molar-refractivity contribution in [1.82, 2.24) is 14.9 Å². The average Bonchev–Trinajstić information content (AvgIpc) is 2.47. The molecule has 0 saturated heterocycles. The van der Waals surface area contributed by atoms with Crippen LogP contribution in [0.25, 0.3) is 0 Å². The lowest BCUT2D eigenvalue weighted by Crippen LogP contribution is -2.42. The molecular formula is C14H22N4O. The van der Waals surface area contributed by atoms with Crippen LogP contribution < -0.4 is 5.32 Å². The highest BCUT2D eigenvalue weighted by Crippen LogP contribution is 2.28. The van der Waals surface area contributed by atoms with E-state index in [4.69, 9.17) is 0 Å². The number of hydrogen-bond acceptors (Lipinski definition) is 3. The Labute approximate surface area is 114 Å². The summed E-state index contributed by atoms with van der Waals surface area (Å²) in [4.78, 5) is 21.8. The number of rotatable bonds is 3. The minimum absolute atomic E-state index is 0.100. The minimum Gasteiger partial charge on any atom is -0.325 e. The quantitative estimate of drug-likeness (QED) is 0.911. The zero-order chi connectivity index (χ0) is 13.7. The number of carbonyl (C=O) groups is 1. The molecule has 2 rings (SSSR count). The molecule has 1 aliphatic rings. The molecule has 0 bridgehead atoms. The normalized spacial score (nSPS) is 17.8. The molecule has 1 atom stereocenters. The molecule has 1 heterocycles. The highest BCUT2D eigenvalue weighted by Gasteiger charge is 2.25. The number of amides is 2. The molecule has 1 saturated carbocycles. The number of nitrogens with zero attached hydrogens (tertiary/aromatic N) is 3. The third-order valence-electron chi connectivity index (χ3n) is 4.08. The second-order valence-electron chi connectivity index (χ2n) is 5.27. The van der Waals surface area contributed by atoms with Crippen LogP contribution in [-0.2, 0) is 0 Å². The zero-order valence-electron chi connectivity index (χ0n) is 11.7. The van der Waals surface area contributed by atoms with Crippen molar-refractivity contribution in [2.75, 3.05) is 12.4 Å². The van der Waals surface area contributed by atoms with E-state index in [-0.39, 0.29) is 12.1 Å². The fourth-order valence-corrected chi connectivity index (χ4v) is 2.68. The van der Waals surface area contributed by atoms with Crippen LogP contribution in [0.2, 0.25) is 0 Å². The van der Waals surface area contributed by atoms with E-state index in [1.807, 2.05) is 7.05 Å². The van der Waals surface area contributed by atoms with Gasteiger partial charge in [-0.15, -0.1) is 0 Å². The molecule has 104 valence electrons. The first kappa shape index (κ1) is 13.8. The first-order chi connectivity index (χ1) is 9.18. The molecule has 1 fully saturated rings. The van der Waals surface area contributed by atoms with E-state index in [1.165, 1.54) is 38.4 Å². The van der Waals surface area contributed by atoms with Crippen molar-refractivity contribution in [3.05, 3.63) is 18.6 Å². The van der Waals surface area contributed by atoms with E-state index in [1.54, 1.807) is 17.2 Å². The predicted octanol–water partition coefficient (Wildman–Crippen LogP) is 2.91. The van der Waals surface area contributed by atoms with Gasteiger partial charge in [0.2, 0.25) is 0 Å². The number of urea groups is 1. The van der Waals surface area contributed by atoms with Crippen molar-refractivity contribution in [3.63, 3.8) is 0 Å². The summed E-state index contributed by atoms with van der Waals surface area (Å²) < 4.78 is 0. The third kappa shape index (κ3) is 3.66. The van der Waals surface area contributed by atoms with Crippen LogP contribution in [0.4, 0.5) is 10.6 Å². The fourth-order valence-electron chi connectivity index (χ4n) is 2.68. The van der Waals surface area contributed by atoms with Gasteiger partial charge in [0.05, 0.1) is 0 Å². The summed E-state index contributed by atoms with van der Waals surface area (Å²) in [5.41, 5.74) is 0. The van der Waals surface area contributed by atoms with Gasteiger partial charge in [-0.05, 0) is 31.7 Å². The molecule has 0 unspecified atom stereocenters. The second-order valence-corrected chi connectivity index (χ2v) is 5.27. The predicted molar refractivity (Wildman–Crippen MR) is 74.9 cm³/mol. The van der Waals surface area contributed by atoms with Crippen molar-refractivity contribution in [2.24, 2.45) is 5.92 Å². The first-order valence-corrected chi connectivity index (χ1v) is 6.98. The zero-order valence-corrected chi connectivity index (χ0v) is 11.7. The fraction of sp³-hybridized carbons (Fsp3) is 0.643. The van der Waals surface area contributed by atoms with E-state index in [0.29, 0.717) is 11.7 Å². The second kappa shape index (κ2) is 6.50. The largest absolute Gasteiger partial charge is 0.325 e. The lowest BCUT2D eigenvalue weighted by molar-refractivity contribution is 0.167. The van der Waals surface area contributed by atoms with Crippen molar-refractivity contribution in [3.8, 4) is 0 Å². The Morgan fingerprint density at radius 2 is 2.16 bits per heavy atom. The van der Waals surface area contributed by atoms with Crippen LogP contribution in [-0.4, -0.2) is 34.0 Å². The van der Waals surface area contributed by atoms with Crippen LogP contribution in [0.15, 0.2) is 18.6 Å². The van der Waals surface area contributed by atoms with Gasteiger partial charge in [0.15, 0.2) is 0 Å². The Bertz CT molecular complexity index is 403. The maximum absolute atomic E-state index is 12.2. The number of anilines is 1. The van der Waals surface area contributed by atoms with Gasteiger partial charge in [-0.2, -0.15) is 0 Å². The van der Waals surface area contributed by atoms with Crippen molar-refractivity contribution >= 4 is 11.8 Å². The van der Waals surface area contributed by atoms with E-state index < -0.39 is 0 Å². The lowest BCUT2D eigenvalue weighted by Gasteiger charge is -2.34. The maximum atomic E-state index is 12.2. The SMILES string of the molecule is C[C@@H](C1CCCCC1)N(C)C(=O)Nc1ccncn1. The summed E-state index contributed by atoms with van der Waals surface area (Å²) in [6, 6.07) is 1.86. The van der Waals surface area contributed by atoms with E-state index in [9.17, 15) is 4.79 Å². The van der Waals surface area contributed by atoms with Gasteiger partial charge in [-0.1, -0.05) is 19.3 Å². The molecule has 19 heavy (non-hydrogen) atoms. The van der Waals surface area contributed by atoms with Gasteiger partial charge in [0.25, 0.3) is 0 Å². The molecule has 1 aromatic heterocycles. The van der Waals surface area contributed by atoms with Gasteiger partial charge in [-0.25, -0.2) is 14.8 Å². The highest BCUT2D eigenvalue weighted by atomic mass is 16.2. The van der Waals surface area contributed by atoms with Crippen LogP contribution in [0.5, 0.6) is 0 Å². The van der Waals surface area contributed by atoms with Gasteiger partial charge in [-0.3, -0.25) is 5.32 Å². The number of carbonyl (C=O) groups excluding carboxylic acids is 1. The molecule has 0 radical (unpaired) electrons. The standard InChI is InChI=1S/C14H22N4O/c1-11(12-6-4-3-5-7-12)18(2)14(19)17-13-8-9-15-10-16-13/h8-12H,3-7H2,1-2H3,(H,15,16,17,19)/t11-/m0/s1. The number of nitrogens with one attached hydrogen (secondary N) is 1. The average molecular weight is 262 g/mol. The summed E-state index contributed by atoms with van der Waals surface area (Å²) in [5.74, 6) is 1.16. The first-order valence-electron chi connectivity index (χ1n) is 6.98. The summed E-state index contributed by atoms with van der Waals surface area (Å²) in [5, 5.41) is 2.80. The van der Waals surface area contributed by atoms with Crippen LogP contribution in [0.1, 0.15) is 39.0 Å². The topological polar surface area (TPSA) is 58.1 Å². The molecule has 0 aromatic carbocycles. The van der Waals surface area contributed by atoms with E-state index >= 15 is 0 Å². The summed E-state index contributed by atoms with van der Waals surface area (Å²) >= 11 is 0. The molecule has 0 aliphatic heterocycles. The van der Waals surface area contributed by atoms with E-state index in [0.717, 1.165) is 0 Å². The van der Waals surface area contributed by atoms with Gasteiger partial charge in [0.1, 0.15) is 12.1 Å². The lowest BCUT2D eigenvalue weighted by atomic mass is 9.84. The number of aromatic nitrogens is 2. The van der Waals surface area contributed by atoms with E-state index in [2.05, 4.69) is 22.2 Å². The Morgan fingerprint density at radius 1 is 1.42 bits per heavy atom. The molecule has 1 aliphatic carbocycles. The monoisotopic (exact) mass is 262 g/mol. The minimum atomic E-state index is -0.100. The Balaban J connectivity index is 1.90. The third-order valence-corrected chi connectivity index (χ3v) is 4.08. The van der Waals surface area contributed by atoms with Crippen molar-refractivity contribution in [2.45, 2.75) is 45.1 Å². The summed E-state index contributed by atoms with van der Waals surface area (Å²) in [7, 11) is 1.86. The summed E-state index contributed by atoms with van der Waals surface area (Å²) in [6.45, 7) is 2.13. The van der Waals surface area contributed by atoms with Crippen molar-refractivity contribution in [1.29, 1.82) is 0 Å². The summed E-state index contributed by atoms with van der Waals surface area (Å²) in [6.07, 6.45) is 9.42. The smallest absolute Gasteiger partial charge is 0.323 e. The van der Waals surface area contributed by atoms with Crippen LogP contribution >= 0.6 is 0 Å². The van der Waals surface area contributed by atoms with Gasteiger partial charge < -0.3 is 4.90 Å². The van der Waals surface area contributed by atoms with Crippen LogP contribution in [0.3, 0.4) is 0 Å². The van der Waals surface area contributed by atoms with Gasteiger partial charge in [0, 0.05) is 19.3 Å². The molecule has 2 amide bonds. The Morgan fingerprint density at radius 3 is 2.79 bits per heavy atom. The molecular weight excluding hydrogens is 240 g/mol. The van der Waals surface area contributed by atoms with Crippen LogP contribution in [0, 0.1) is 5.92 Å². The molecule has 1 aromatic rings. The molecule has 1 N–H and O–H groups in total. The Hall–Kier alpha value is -1.65. The highest BCUT2D eigenvalue weighted by molar-refractivity contribution is 5.88. The van der Waals surface area contributed by atoms with Crippen molar-refractivity contribution < 1.29 is 4.79 Å². The molecule has 0 spiro atoms.